The standard InChI is InChI=1S/C23H26FN5O11S4/c1-3-41(31,32)9-5-7-29(8-6-10-42(33,34)4-2)23-27-21(24)26-22(28-23)25-18-13-16(43(35,36)37)11-15-12-17(44(38,39)40)14-19(30)20(15)18/h3-4,11-14,30H,1-2,5-10H2,(H,35,36,37)(H,38,39,40)(H,25,26,27,28). The third kappa shape index (κ3) is 9.12. The van der Waals surface area contributed by atoms with Gasteiger partial charge >= 0.3 is 6.08 Å². The molecule has 0 atom stereocenters. The number of nitrogens with one attached hydrogen (secondary N) is 1. The molecule has 0 spiro atoms. The molecule has 0 aliphatic rings. The van der Waals surface area contributed by atoms with E-state index in [0.717, 1.165) is 29.0 Å². The normalized spacial score (nSPS) is 12.6. The van der Waals surface area contributed by atoms with Crippen LogP contribution < -0.4 is 10.2 Å². The van der Waals surface area contributed by atoms with Crippen LogP contribution in [0.2, 0.25) is 0 Å². The second-order valence-electron chi connectivity index (χ2n) is 9.08. The average Bonchev–Trinajstić information content (AvgIpc) is 2.90. The van der Waals surface area contributed by atoms with Gasteiger partial charge in [-0.3, -0.25) is 9.11 Å². The first kappa shape index (κ1) is 34.7. The van der Waals surface area contributed by atoms with Crippen molar-refractivity contribution in [3.05, 3.63) is 54.3 Å². The Morgan fingerprint density at radius 2 is 1.30 bits per heavy atom. The Morgan fingerprint density at radius 1 is 0.795 bits per heavy atom. The van der Waals surface area contributed by atoms with E-state index in [-0.39, 0.29) is 59.8 Å². The summed E-state index contributed by atoms with van der Waals surface area (Å²) >= 11 is 0. The maximum Gasteiger partial charge on any atom is 0.315 e. The number of hydrogen-bond donors (Lipinski definition) is 4. The molecule has 3 aromatic rings. The van der Waals surface area contributed by atoms with Crippen LogP contribution in [0.4, 0.5) is 22.0 Å². The van der Waals surface area contributed by atoms with Gasteiger partial charge in [0.15, 0.2) is 19.7 Å². The van der Waals surface area contributed by atoms with Crippen LogP contribution >= 0.6 is 0 Å². The Bertz CT molecular complexity index is 2010. The van der Waals surface area contributed by atoms with Crippen molar-refractivity contribution in [1.82, 2.24) is 15.0 Å². The molecule has 3 rings (SSSR count). The van der Waals surface area contributed by atoms with E-state index in [9.17, 15) is 52.3 Å². The van der Waals surface area contributed by atoms with Gasteiger partial charge in [-0.2, -0.15) is 36.2 Å². The highest BCUT2D eigenvalue weighted by Gasteiger charge is 2.22. The second-order valence-corrected chi connectivity index (χ2v) is 16.1. The molecular weight excluding hydrogens is 670 g/mol. The lowest BCUT2D eigenvalue weighted by Crippen LogP contribution is -2.30. The minimum absolute atomic E-state index is 0.0242. The van der Waals surface area contributed by atoms with E-state index >= 15 is 0 Å². The summed E-state index contributed by atoms with van der Waals surface area (Å²) in [4.78, 5) is 10.9. The van der Waals surface area contributed by atoms with E-state index in [1.54, 1.807) is 0 Å². The number of phenolic OH excluding ortho intramolecular Hbond substituents is 1. The summed E-state index contributed by atoms with van der Waals surface area (Å²) in [6.07, 6.45) is -1.42. The largest absolute Gasteiger partial charge is 0.507 e. The zero-order chi connectivity index (χ0) is 33.1. The Labute approximate surface area is 252 Å². The first-order valence-electron chi connectivity index (χ1n) is 12.1. The maximum atomic E-state index is 14.6. The fourth-order valence-corrected chi connectivity index (χ4v) is 6.36. The lowest BCUT2D eigenvalue weighted by Gasteiger charge is -2.23. The predicted molar refractivity (Wildman–Crippen MR) is 158 cm³/mol. The molecule has 21 heteroatoms. The number of fused-ring (bicyclic) bond motifs is 1. The Balaban J connectivity index is 2.09. The summed E-state index contributed by atoms with van der Waals surface area (Å²) in [6, 6.07) is 3.08. The van der Waals surface area contributed by atoms with Gasteiger partial charge in [0.2, 0.25) is 11.9 Å². The molecule has 0 fully saturated rings. The van der Waals surface area contributed by atoms with Crippen LogP contribution in [-0.4, -0.2) is 87.4 Å². The molecule has 0 saturated carbocycles. The van der Waals surface area contributed by atoms with E-state index in [4.69, 9.17) is 0 Å². The molecule has 16 nitrogen and oxygen atoms in total. The third-order valence-corrected chi connectivity index (χ3v) is 10.3. The van der Waals surface area contributed by atoms with Gasteiger partial charge in [-0.05, 0) is 36.4 Å². The van der Waals surface area contributed by atoms with Gasteiger partial charge in [-0.1, -0.05) is 13.2 Å². The van der Waals surface area contributed by atoms with Crippen LogP contribution in [0, 0.1) is 6.08 Å². The number of halogens is 1. The predicted octanol–water partition coefficient (Wildman–Crippen LogP) is 1.81. The molecule has 0 saturated heterocycles. The monoisotopic (exact) mass is 695 g/mol. The van der Waals surface area contributed by atoms with E-state index < -0.39 is 67.5 Å². The van der Waals surface area contributed by atoms with Gasteiger partial charge in [0.1, 0.15) is 5.75 Å². The van der Waals surface area contributed by atoms with E-state index in [1.165, 1.54) is 4.90 Å². The molecule has 4 N–H and O–H groups in total. The molecule has 1 aromatic heterocycles. The van der Waals surface area contributed by atoms with Gasteiger partial charge in [0.25, 0.3) is 20.2 Å². The molecule has 240 valence electrons. The third-order valence-electron chi connectivity index (χ3n) is 5.92. The molecule has 0 unspecified atom stereocenters. The number of nitrogens with zero attached hydrogens (tertiary/aromatic N) is 4. The van der Waals surface area contributed by atoms with Crippen molar-refractivity contribution < 1.29 is 52.3 Å². The molecular formula is C23H26FN5O11S4. The first-order valence-corrected chi connectivity index (χ1v) is 18.5. The van der Waals surface area contributed by atoms with Crippen molar-refractivity contribution in [2.24, 2.45) is 0 Å². The first-order chi connectivity index (χ1) is 20.2. The highest BCUT2D eigenvalue weighted by atomic mass is 32.2. The number of sulfone groups is 2. The zero-order valence-corrected chi connectivity index (χ0v) is 25.8. The van der Waals surface area contributed by atoms with Crippen molar-refractivity contribution in [1.29, 1.82) is 0 Å². The number of aromatic nitrogens is 3. The Morgan fingerprint density at radius 3 is 1.77 bits per heavy atom. The number of aromatic hydroxyl groups is 1. The Kier molecular flexibility index (Phi) is 10.3. The number of anilines is 3. The molecule has 0 amide bonds. The number of phenols is 1. The topological polar surface area (TPSA) is 251 Å². The highest BCUT2D eigenvalue weighted by Crippen LogP contribution is 2.37. The average molecular weight is 696 g/mol. The molecule has 0 radical (unpaired) electrons. The summed E-state index contributed by atoms with van der Waals surface area (Å²) < 4.78 is 128. The van der Waals surface area contributed by atoms with Crippen LogP contribution in [0.1, 0.15) is 12.8 Å². The number of hydrogen-bond acceptors (Lipinski definition) is 14. The molecule has 44 heavy (non-hydrogen) atoms. The van der Waals surface area contributed by atoms with Crippen LogP contribution in [0.25, 0.3) is 10.8 Å². The smallest absolute Gasteiger partial charge is 0.315 e. The van der Waals surface area contributed by atoms with Gasteiger partial charge < -0.3 is 15.3 Å². The molecule has 0 aliphatic carbocycles. The van der Waals surface area contributed by atoms with E-state index in [0.29, 0.717) is 6.07 Å². The quantitative estimate of drug-likeness (QED) is 0.165. The minimum Gasteiger partial charge on any atom is -0.507 e. The summed E-state index contributed by atoms with van der Waals surface area (Å²) in [6.45, 7) is 6.26. The fourth-order valence-electron chi connectivity index (χ4n) is 3.88. The molecule has 0 aliphatic heterocycles. The van der Waals surface area contributed by atoms with Crippen molar-refractivity contribution in [3.63, 3.8) is 0 Å². The number of benzene rings is 2. The van der Waals surface area contributed by atoms with Crippen molar-refractivity contribution in [2.75, 3.05) is 34.8 Å². The van der Waals surface area contributed by atoms with Gasteiger partial charge in [0, 0.05) is 35.4 Å². The molecule has 2 aromatic carbocycles. The van der Waals surface area contributed by atoms with Crippen molar-refractivity contribution in [2.45, 2.75) is 22.6 Å². The van der Waals surface area contributed by atoms with E-state index in [1.807, 2.05) is 0 Å². The Hall–Kier alpha value is -3.76. The highest BCUT2D eigenvalue weighted by molar-refractivity contribution is 7.94. The van der Waals surface area contributed by atoms with Gasteiger partial charge in [0.05, 0.1) is 27.0 Å². The zero-order valence-electron chi connectivity index (χ0n) is 22.5. The fraction of sp³-hybridized carbons (Fsp3) is 0.261. The summed E-state index contributed by atoms with van der Waals surface area (Å²) in [5.41, 5.74) is -0.355. The van der Waals surface area contributed by atoms with E-state index in [2.05, 4.69) is 33.4 Å². The van der Waals surface area contributed by atoms with Crippen LogP contribution in [0.5, 0.6) is 5.75 Å². The summed E-state index contributed by atoms with van der Waals surface area (Å²) in [7, 11) is -17.0. The van der Waals surface area contributed by atoms with Gasteiger partial charge in [-0.15, -0.1) is 0 Å². The van der Waals surface area contributed by atoms with Crippen molar-refractivity contribution in [3.8, 4) is 5.75 Å². The minimum atomic E-state index is -4.93. The summed E-state index contributed by atoms with van der Waals surface area (Å²) in [5, 5.41) is 14.0. The summed E-state index contributed by atoms with van der Waals surface area (Å²) in [5.74, 6) is -2.43. The second kappa shape index (κ2) is 13.1. The SMILES string of the molecule is C=CS(=O)(=O)CCCN(CCCS(=O)(=O)C=C)c1nc(F)nc(Nc2cc(S(=O)(=O)O)cc3cc(S(=O)(=O)O)cc(O)c23)n1. The van der Waals surface area contributed by atoms with Crippen LogP contribution in [0.15, 0.2) is 58.0 Å². The lowest BCUT2D eigenvalue weighted by molar-refractivity contribution is 0.471. The maximum absolute atomic E-state index is 14.6. The lowest BCUT2D eigenvalue weighted by atomic mass is 10.1. The molecule has 1 heterocycles. The van der Waals surface area contributed by atoms with Crippen LogP contribution in [0.3, 0.4) is 0 Å². The van der Waals surface area contributed by atoms with Crippen LogP contribution in [-0.2, 0) is 39.9 Å². The number of rotatable bonds is 15. The molecule has 0 bridgehead atoms. The van der Waals surface area contributed by atoms with Gasteiger partial charge in [-0.25, -0.2) is 16.8 Å². The van der Waals surface area contributed by atoms with Crippen molar-refractivity contribution >= 4 is 68.3 Å².